The highest BCUT2D eigenvalue weighted by Gasteiger charge is 1.91. The van der Waals surface area contributed by atoms with Gasteiger partial charge in [-0.15, -0.1) is 0 Å². The second-order valence-corrected chi connectivity index (χ2v) is 1.44. The van der Waals surface area contributed by atoms with E-state index in [0.717, 1.165) is 6.54 Å². The van der Waals surface area contributed by atoms with Gasteiger partial charge in [-0.2, -0.15) is 0 Å². The van der Waals surface area contributed by atoms with Crippen LogP contribution in [-0.4, -0.2) is 17.8 Å². The maximum Gasteiger partial charge on any atom is 0.138 e. The average molecular weight is 112 g/mol. The molecule has 1 rings (SSSR count). The Balaban J connectivity index is 2.42. The van der Waals surface area contributed by atoms with Gasteiger partial charge < -0.3 is 9.74 Å². The number of hydrogen-bond acceptors (Lipinski definition) is 3. The lowest BCUT2D eigenvalue weighted by Gasteiger charge is -2.11. The quantitative estimate of drug-likeness (QED) is 0.500. The van der Waals surface area contributed by atoms with Crippen LogP contribution in [-0.2, 0) is 4.84 Å². The van der Waals surface area contributed by atoms with Crippen molar-refractivity contribution < 1.29 is 4.84 Å². The molecule has 3 nitrogen and oxygen atoms in total. The van der Waals surface area contributed by atoms with E-state index >= 15 is 0 Å². The first kappa shape index (κ1) is 5.15. The molecule has 0 amide bonds. The highest BCUT2D eigenvalue weighted by Crippen LogP contribution is 1.92. The predicted molar refractivity (Wildman–Crippen MR) is 31.1 cm³/mol. The Hall–Kier alpha value is -0.990. The molecule has 1 aliphatic rings. The summed E-state index contributed by atoms with van der Waals surface area (Å²) in [5.74, 6) is 0. The van der Waals surface area contributed by atoms with Crippen LogP contribution in [0, 0.1) is 0 Å². The Kier molecular flexibility index (Phi) is 1.51. The average Bonchev–Trinajstić information content (AvgIpc) is 1.90. The summed E-state index contributed by atoms with van der Waals surface area (Å²) >= 11 is 0. The highest BCUT2D eigenvalue weighted by molar-refractivity contribution is 5.56. The Morgan fingerprint density at radius 1 is 1.75 bits per heavy atom. The summed E-state index contributed by atoms with van der Waals surface area (Å²) in [5.41, 5.74) is 0. The molecule has 1 heterocycles. The van der Waals surface area contributed by atoms with E-state index in [0.29, 0.717) is 0 Å². The van der Waals surface area contributed by atoms with Crippen LogP contribution in [0.5, 0.6) is 0 Å². The third kappa shape index (κ3) is 0.992. The number of hydrogen-bond donors (Lipinski definition) is 0. The van der Waals surface area contributed by atoms with Crippen molar-refractivity contribution in [1.29, 1.82) is 0 Å². The molecule has 8 heavy (non-hydrogen) atoms. The molecule has 0 aromatic carbocycles. The van der Waals surface area contributed by atoms with Gasteiger partial charge in [-0.05, 0) is 6.92 Å². The van der Waals surface area contributed by atoms with Gasteiger partial charge in [0.2, 0.25) is 0 Å². The van der Waals surface area contributed by atoms with Crippen LogP contribution >= 0.6 is 0 Å². The predicted octanol–water partition coefficient (Wildman–Crippen LogP) is 0.753. The Bertz CT molecular complexity index is 108. The molecule has 0 fully saturated rings. The minimum atomic E-state index is 0.934. The molecule has 0 aromatic rings. The van der Waals surface area contributed by atoms with Crippen LogP contribution in [0.1, 0.15) is 6.92 Å². The maximum atomic E-state index is 4.55. The molecule has 0 spiro atoms. The molecule has 0 radical (unpaired) electrons. The van der Waals surface area contributed by atoms with Crippen molar-refractivity contribution in [2.45, 2.75) is 6.92 Å². The number of oxime groups is 1. The summed E-state index contributed by atoms with van der Waals surface area (Å²) in [5, 5.41) is 3.54. The van der Waals surface area contributed by atoms with E-state index in [4.69, 9.17) is 0 Å². The van der Waals surface area contributed by atoms with Crippen molar-refractivity contribution in [3.05, 3.63) is 12.5 Å². The molecule has 0 N–H and O–H groups in total. The summed E-state index contributed by atoms with van der Waals surface area (Å²) in [7, 11) is 0. The second kappa shape index (κ2) is 2.35. The fourth-order valence-electron chi connectivity index (χ4n) is 0.454. The lowest BCUT2D eigenvalue weighted by molar-refractivity contribution is 0.247. The van der Waals surface area contributed by atoms with Crippen molar-refractivity contribution >= 4 is 6.34 Å². The van der Waals surface area contributed by atoms with Crippen molar-refractivity contribution in [2.24, 2.45) is 5.16 Å². The van der Waals surface area contributed by atoms with E-state index in [9.17, 15) is 0 Å². The monoisotopic (exact) mass is 112 g/mol. The zero-order chi connectivity index (χ0) is 5.82. The van der Waals surface area contributed by atoms with E-state index in [1.807, 2.05) is 18.0 Å². The fraction of sp³-hybridized carbons (Fsp3) is 0.400. The largest absolute Gasteiger partial charge is 0.362 e. The van der Waals surface area contributed by atoms with Gasteiger partial charge in [0.1, 0.15) is 12.6 Å². The van der Waals surface area contributed by atoms with E-state index in [2.05, 4.69) is 9.99 Å². The number of rotatable bonds is 1. The van der Waals surface area contributed by atoms with Gasteiger partial charge in [-0.3, -0.25) is 0 Å². The topological polar surface area (TPSA) is 24.8 Å². The zero-order valence-corrected chi connectivity index (χ0v) is 4.74. The standard InChI is InChI=1S/C5H8N2O/c1-2-7-3-4-8-6-5-7/h3-5H,2H2,1H3. The Labute approximate surface area is 48.2 Å². The third-order valence-electron chi connectivity index (χ3n) is 0.935. The maximum absolute atomic E-state index is 4.55. The molecule has 0 atom stereocenters. The molecule has 0 aliphatic carbocycles. The summed E-state index contributed by atoms with van der Waals surface area (Å²) in [6.45, 7) is 2.98. The summed E-state index contributed by atoms with van der Waals surface area (Å²) in [4.78, 5) is 6.47. The van der Waals surface area contributed by atoms with Gasteiger partial charge >= 0.3 is 0 Å². The van der Waals surface area contributed by atoms with E-state index in [1.54, 1.807) is 12.6 Å². The highest BCUT2D eigenvalue weighted by atomic mass is 16.6. The van der Waals surface area contributed by atoms with Gasteiger partial charge in [0.25, 0.3) is 0 Å². The molecule has 3 heteroatoms. The SMILES string of the molecule is CCN1C=CON=C1. The Morgan fingerprint density at radius 2 is 2.62 bits per heavy atom. The van der Waals surface area contributed by atoms with Crippen molar-refractivity contribution in [3.8, 4) is 0 Å². The molecule has 0 aromatic heterocycles. The smallest absolute Gasteiger partial charge is 0.138 e. The zero-order valence-electron chi connectivity index (χ0n) is 4.74. The first-order chi connectivity index (χ1) is 3.93. The summed E-state index contributed by atoms with van der Waals surface area (Å²) in [6.07, 6.45) is 5.01. The molecule has 0 saturated carbocycles. The van der Waals surface area contributed by atoms with Crippen molar-refractivity contribution in [3.63, 3.8) is 0 Å². The fourth-order valence-corrected chi connectivity index (χ4v) is 0.454. The lowest BCUT2D eigenvalue weighted by atomic mass is 10.6. The van der Waals surface area contributed by atoms with Crippen LogP contribution in [0.15, 0.2) is 17.6 Å². The first-order valence-electron chi connectivity index (χ1n) is 2.55. The molecular formula is C5H8N2O. The van der Waals surface area contributed by atoms with Gasteiger partial charge in [-0.25, -0.2) is 0 Å². The van der Waals surface area contributed by atoms with Crippen LogP contribution in [0.25, 0.3) is 0 Å². The lowest BCUT2D eigenvalue weighted by Crippen LogP contribution is -2.15. The summed E-state index contributed by atoms with van der Waals surface area (Å²) < 4.78 is 0. The van der Waals surface area contributed by atoms with Crippen LogP contribution in [0.3, 0.4) is 0 Å². The molecular weight excluding hydrogens is 104 g/mol. The van der Waals surface area contributed by atoms with Gasteiger partial charge in [-0.1, -0.05) is 5.16 Å². The van der Waals surface area contributed by atoms with E-state index in [-0.39, 0.29) is 0 Å². The van der Waals surface area contributed by atoms with Gasteiger partial charge in [0.15, 0.2) is 0 Å². The van der Waals surface area contributed by atoms with Crippen molar-refractivity contribution in [1.82, 2.24) is 4.90 Å². The molecule has 0 unspecified atom stereocenters. The first-order valence-corrected chi connectivity index (χ1v) is 2.55. The van der Waals surface area contributed by atoms with Crippen LogP contribution in [0.4, 0.5) is 0 Å². The molecule has 1 aliphatic heterocycles. The van der Waals surface area contributed by atoms with Gasteiger partial charge in [0, 0.05) is 12.7 Å². The second-order valence-electron chi connectivity index (χ2n) is 1.44. The normalized spacial score (nSPS) is 16.4. The van der Waals surface area contributed by atoms with E-state index in [1.165, 1.54) is 0 Å². The minimum absolute atomic E-state index is 0.934. The minimum Gasteiger partial charge on any atom is -0.362 e. The van der Waals surface area contributed by atoms with Crippen LogP contribution < -0.4 is 0 Å². The number of nitrogens with zero attached hydrogens (tertiary/aromatic N) is 2. The van der Waals surface area contributed by atoms with Crippen LogP contribution in [0.2, 0.25) is 0 Å². The summed E-state index contributed by atoms with van der Waals surface area (Å²) in [6, 6.07) is 0. The molecule has 0 bridgehead atoms. The van der Waals surface area contributed by atoms with E-state index < -0.39 is 0 Å². The third-order valence-corrected chi connectivity index (χ3v) is 0.935. The molecule has 44 valence electrons. The van der Waals surface area contributed by atoms with Gasteiger partial charge in [0.05, 0.1) is 0 Å². The van der Waals surface area contributed by atoms with Crippen molar-refractivity contribution in [2.75, 3.05) is 6.54 Å². The molecule has 0 saturated heterocycles. The Morgan fingerprint density at radius 3 is 3.00 bits per heavy atom.